The van der Waals surface area contributed by atoms with Gasteiger partial charge in [0.05, 0.1) is 10.1 Å². The lowest BCUT2D eigenvalue weighted by Crippen LogP contribution is -2.31. The summed E-state index contributed by atoms with van der Waals surface area (Å²) in [5.74, 6) is -0.845. The Morgan fingerprint density at radius 2 is 2.21 bits per heavy atom. The molecule has 0 amide bonds. The predicted octanol–water partition coefficient (Wildman–Crippen LogP) is 1.55. The van der Waals surface area contributed by atoms with Crippen LogP contribution in [0, 0.1) is 17.0 Å². The van der Waals surface area contributed by atoms with Crippen molar-refractivity contribution in [2.24, 2.45) is 0 Å². The Morgan fingerprint density at radius 3 is 2.89 bits per heavy atom. The second kappa shape index (κ2) is 4.93. The number of rotatable bonds is 3. The molecule has 0 aliphatic heterocycles. The molecule has 0 aliphatic carbocycles. The van der Waals surface area contributed by atoms with E-state index in [-0.39, 0.29) is 29.0 Å². The molecule has 0 saturated heterocycles. The molecule has 0 saturated carbocycles. The smallest absolute Gasteiger partial charge is 0.411 e. The van der Waals surface area contributed by atoms with Gasteiger partial charge in [-0.25, -0.2) is 4.79 Å². The SMILES string of the molecule is C=CCOC(=O)c1c(C)n([O-])c2ccccc2[n+]1=O. The molecule has 0 unspecified atom stereocenters. The number of carbonyl (C=O) groups excluding carboxylic acids is 1. The van der Waals surface area contributed by atoms with E-state index in [2.05, 4.69) is 6.58 Å². The first-order chi connectivity index (χ1) is 9.07. The van der Waals surface area contributed by atoms with Crippen molar-refractivity contribution in [1.29, 1.82) is 0 Å². The summed E-state index contributed by atoms with van der Waals surface area (Å²) in [5.41, 5.74) is 0.0160. The van der Waals surface area contributed by atoms with Crippen molar-refractivity contribution in [3.63, 3.8) is 0 Å². The minimum Gasteiger partial charge on any atom is -0.805 e. The van der Waals surface area contributed by atoms with E-state index in [4.69, 9.17) is 4.74 Å². The predicted molar refractivity (Wildman–Crippen MR) is 69.3 cm³/mol. The molecule has 0 atom stereocenters. The van der Waals surface area contributed by atoms with Gasteiger partial charge in [0.15, 0.2) is 0 Å². The zero-order valence-corrected chi connectivity index (χ0v) is 10.3. The Bertz CT molecular complexity index is 718. The third kappa shape index (κ3) is 2.08. The maximum Gasteiger partial charge on any atom is 0.411 e. The van der Waals surface area contributed by atoms with E-state index in [9.17, 15) is 14.9 Å². The van der Waals surface area contributed by atoms with Crippen molar-refractivity contribution in [2.75, 3.05) is 6.61 Å². The number of esters is 1. The van der Waals surface area contributed by atoms with Crippen molar-refractivity contribution >= 4 is 17.0 Å². The fourth-order valence-electron chi connectivity index (χ4n) is 1.79. The molecule has 0 bridgehead atoms. The highest BCUT2D eigenvalue weighted by molar-refractivity contribution is 5.88. The minimum atomic E-state index is -0.845. The summed E-state index contributed by atoms with van der Waals surface area (Å²) >= 11 is 0. The van der Waals surface area contributed by atoms with Crippen LogP contribution in [-0.2, 0) is 4.74 Å². The molecule has 1 heterocycles. The second-order valence-corrected chi connectivity index (χ2v) is 3.90. The standard InChI is InChI=1S/C13H12N2O4/c1-3-8-19-13(16)12-9(2)14(17)10-6-4-5-7-11(10)15(12)18/h3-7H,1,8H2,2H3. The lowest BCUT2D eigenvalue weighted by molar-refractivity contribution is -0.469. The van der Waals surface area contributed by atoms with Gasteiger partial charge in [-0.15, -0.1) is 0 Å². The topological polar surface area (TPSA) is 77.3 Å². The van der Waals surface area contributed by atoms with Gasteiger partial charge >= 0.3 is 11.7 Å². The van der Waals surface area contributed by atoms with Gasteiger partial charge in [0, 0.05) is 11.0 Å². The van der Waals surface area contributed by atoms with E-state index in [1.54, 1.807) is 12.1 Å². The number of ether oxygens (including phenoxy) is 1. The summed E-state index contributed by atoms with van der Waals surface area (Å²) in [6, 6.07) is 6.25. The first kappa shape index (κ1) is 12.8. The number of fused-ring (bicyclic) bond motifs is 1. The van der Waals surface area contributed by atoms with Crippen LogP contribution in [0.5, 0.6) is 0 Å². The number of benzene rings is 1. The molecular weight excluding hydrogens is 248 g/mol. The fourth-order valence-corrected chi connectivity index (χ4v) is 1.79. The molecule has 0 spiro atoms. The molecule has 1 aromatic carbocycles. The number of para-hydroxylation sites is 2. The van der Waals surface area contributed by atoms with E-state index < -0.39 is 5.97 Å². The molecule has 0 fully saturated rings. The van der Waals surface area contributed by atoms with E-state index in [0.29, 0.717) is 9.16 Å². The Balaban J connectivity index is 2.71. The summed E-state index contributed by atoms with van der Waals surface area (Å²) in [7, 11) is 0. The van der Waals surface area contributed by atoms with E-state index in [0.717, 1.165) is 0 Å². The molecule has 1 aromatic heterocycles. The van der Waals surface area contributed by atoms with Gasteiger partial charge in [0.25, 0.3) is 5.52 Å². The summed E-state index contributed by atoms with van der Waals surface area (Å²) in [6.45, 7) is 4.79. The highest BCUT2D eigenvalue weighted by Crippen LogP contribution is 2.14. The molecule has 0 aliphatic rings. The summed E-state index contributed by atoms with van der Waals surface area (Å²) in [5, 5.41) is 12.0. The Labute approximate surface area is 108 Å². The van der Waals surface area contributed by atoms with Crippen molar-refractivity contribution in [3.8, 4) is 0 Å². The van der Waals surface area contributed by atoms with Crippen molar-refractivity contribution < 1.29 is 14.0 Å². The molecule has 6 nitrogen and oxygen atoms in total. The number of carbonyl (C=O) groups is 1. The second-order valence-electron chi connectivity index (χ2n) is 3.90. The third-order valence-electron chi connectivity index (χ3n) is 2.70. The third-order valence-corrected chi connectivity index (χ3v) is 2.70. The van der Waals surface area contributed by atoms with Crippen LogP contribution in [0.2, 0.25) is 0 Å². The highest BCUT2D eigenvalue weighted by atomic mass is 16.5. The maximum absolute atomic E-state index is 12.1. The quantitative estimate of drug-likeness (QED) is 0.476. The molecule has 0 radical (unpaired) electrons. The molecule has 2 rings (SSSR count). The average Bonchev–Trinajstić information content (AvgIpc) is 2.43. The number of hydrogen-bond donors (Lipinski definition) is 0. The maximum atomic E-state index is 12.1. The summed E-state index contributed by atoms with van der Waals surface area (Å²) in [4.78, 5) is 23.9. The van der Waals surface area contributed by atoms with Crippen LogP contribution < -0.4 is 4.43 Å². The minimum absolute atomic E-state index is 0.00256. The molecule has 98 valence electrons. The van der Waals surface area contributed by atoms with Crippen LogP contribution in [-0.4, -0.2) is 17.3 Å². The van der Waals surface area contributed by atoms with Crippen molar-refractivity contribution in [1.82, 2.24) is 4.73 Å². The first-order valence-electron chi connectivity index (χ1n) is 5.60. The van der Waals surface area contributed by atoms with E-state index in [1.165, 1.54) is 25.1 Å². The van der Waals surface area contributed by atoms with Crippen molar-refractivity contribution in [2.45, 2.75) is 6.92 Å². The van der Waals surface area contributed by atoms with Crippen LogP contribution in [0.25, 0.3) is 11.0 Å². The van der Waals surface area contributed by atoms with Gasteiger partial charge in [-0.3, -0.25) is 0 Å². The van der Waals surface area contributed by atoms with Gasteiger partial charge in [0.1, 0.15) is 12.1 Å². The zero-order valence-electron chi connectivity index (χ0n) is 10.3. The van der Waals surface area contributed by atoms with Crippen LogP contribution in [0.4, 0.5) is 0 Å². The van der Waals surface area contributed by atoms with Gasteiger partial charge in [-0.05, 0) is 13.0 Å². The average molecular weight is 260 g/mol. The number of aromatic nitrogens is 2. The zero-order chi connectivity index (χ0) is 14.0. The lowest BCUT2D eigenvalue weighted by Gasteiger charge is -2.15. The van der Waals surface area contributed by atoms with Gasteiger partial charge in [-0.2, -0.15) is 0 Å². The first-order valence-corrected chi connectivity index (χ1v) is 5.60. The molecule has 19 heavy (non-hydrogen) atoms. The number of nitrogens with zero attached hydrogens (tertiary/aromatic N) is 2. The van der Waals surface area contributed by atoms with Crippen LogP contribution in [0.3, 0.4) is 0 Å². The monoisotopic (exact) mass is 260 g/mol. The normalized spacial score (nSPS) is 10.4. The largest absolute Gasteiger partial charge is 0.805 e. The summed E-state index contributed by atoms with van der Waals surface area (Å²) in [6.07, 6.45) is 1.38. The molecule has 6 heteroatoms. The molecule has 0 N–H and O–H groups in total. The molecular formula is C13H12N2O4. The van der Waals surface area contributed by atoms with Crippen molar-refractivity contribution in [3.05, 3.63) is 58.4 Å². The van der Waals surface area contributed by atoms with Gasteiger partial charge in [0.2, 0.25) is 0 Å². The number of hydrogen-bond acceptors (Lipinski definition) is 4. The Hall–Kier alpha value is -2.63. The lowest BCUT2D eigenvalue weighted by atomic mass is 10.2. The summed E-state index contributed by atoms with van der Waals surface area (Å²) < 4.78 is 5.78. The highest BCUT2D eigenvalue weighted by Gasteiger charge is 2.27. The Morgan fingerprint density at radius 1 is 1.53 bits per heavy atom. The van der Waals surface area contributed by atoms with Gasteiger partial charge in [-0.1, -0.05) is 24.8 Å². The van der Waals surface area contributed by atoms with Crippen LogP contribution >= 0.6 is 0 Å². The van der Waals surface area contributed by atoms with Crippen LogP contribution in [0.1, 0.15) is 16.2 Å². The fraction of sp³-hybridized carbons (Fsp3) is 0.154. The van der Waals surface area contributed by atoms with E-state index in [1.807, 2.05) is 0 Å². The Kier molecular flexibility index (Phi) is 3.33. The van der Waals surface area contributed by atoms with E-state index >= 15 is 0 Å². The molecule has 2 aromatic rings. The van der Waals surface area contributed by atoms with Crippen LogP contribution in [0.15, 0.2) is 36.9 Å². The van der Waals surface area contributed by atoms with Gasteiger partial charge < -0.3 is 14.7 Å².